The van der Waals surface area contributed by atoms with Crippen LogP contribution in [0.4, 0.5) is 0 Å². The molecular formula is C6H9BO4S. The Hall–Kier alpha value is -0.395. The summed E-state index contributed by atoms with van der Waals surface area (Å²) in [6.45, 7) is -0.0698. The van der Waals surface area contributed by atoms with Crippen molar-refractivity contribution in [2.75, 3.05) is 13.2 Å². The number of rotatable bonds is 5. The largest absolute Gasteiger partial charge is 0.533 e. The summed E-state index contributed by atoms with van der Waals surface area (Å²) in [5.74, 6) is 0. The maximum absolute atomic E-state index is 9.22. The van der Waals surface area contributed by atoms with Gasteiger partial charge < -0.3 is 10.1 Å². The minimum atomic E-state index is -1.06. The molecule has 1 aromatic rings. The first-order valence-electron chi connectivity index (χ1n) is 3.45. The van der Waals surface area contributed by atoms with Gasteiger partial charge in [0.2, 0.25) is 0 Å². The molecule has 0 unspecified atom stereocenters. The molecule has 0 saturated carbocycles. The van der Waals surface area contributed by atoms with E-state index in [4.69, 9.17) is 5.11 Å². The number of aliphatic hydroxyl groups excluding tert-OH is 1. The van der Waals surface area contributed by atoms with Crippen LogP contribution < -0.4 is 4.78 Å². The van der Waals surface area contributed by atoms with E-state index in [1.165, 1.54) is 11.3 Å². The molecule has 0 radical (unpaired) electrons. The van der Waals surface area contributed by atoms with E-state index in [1.54, 1.807) is 12.1 Å². The van der Waals surface area contributed by atoms with Crippen molar-refractivity contribution in [2.24, 2.45) is 0 Å². The van der Waals surface area contributed by atoms with Crippen LogP contribution in [-0.2, 0) is 9.69 Å². The van der Waals surface area contributed by atoms with Crippen LogP contribution in [0.5, 0.6) is 0 Å². The lowest BCUT2D eigenvalue weighted by Gasteiger charge is -2.03. The summed E-state index contributed by atoms with van der Waals surface area (Å²) >= 11 is 1.37. The Morgan fingerprint density at radius 2 is 2.42 bits per heavy atom. The van der Waals surface area contributed by atoms with Gasteiger partial charge in [-0.05, 0) is 5.38 Å². The predicted molar refractivity (Wildman–Crippen MR) is 46.0 cm³/mol. The Labute approximate surface area is 74.4 Å². The molecule has 6 heteroatoms. The Balaban J connectivity index is 2.25. The number of aliphatic hydroxyl groups is 1. The summed E-state index contributed by atoms with van der Waals surface area (Å²) in [6.07, 6.45) is 0. The maximum Gasteiger partial charge on any atom is 0.533 e. The SMILES string of the molecule is OCCOOB(O)c1cccs1. The second-order valence-electron chi connectivity index (χ2n) is 2.01. The third kappa shape index (κ3) is 2.92. The van der Waals surface area contributed by atoms with Crippen LogP contribution in [-0.4, -0.2) is 30.5 Å². The zero-order chi connectivity index (χ0) is 8.81. The number of hydrogen-bond acceptors (Lipinski definition) is 5. The van der Waals surface area contributed by atoms with Crippen molar-refractivity contribution >= 4 is 23.2 Å². The zero-order valence-electron chi connectivity index (χ0n) is 6.34. The summed E-state index contributed by atoms with van der Waals surface area (Å²) < 4.78 is 0.674. The number of hydrogen-bond donors (Lipinski definition) is 2. The molecule has 66 valence electrons. The second kappa shape index (κ2) is 5.29. The van der Waals surface area contributed by atoms with E-state index in [0.717, 1.165) is 0 Å². The molecule has 0 aromatic carbocycles. The van der Waals surface area contributed by atoms with Crippen molar-refractivity contribution < 1.29 is 19.8 Å². The van der Waals surface area contributed by atoms with Crippen LogP contribution in [0.1, 0.15) is 0 Å². The van der Waals surface area contributed by atoms with Gasteiger partial charge in [0.15, 0.2) is 0 Å². The van der Waals surface area contributed by atoms with Crippen molar-refractivity contribution in [3.05, 3.63) is 17.5 Å². The van der Waals surface area contributed by atoms with Gasteiger partial charge in [0.25, 0.3) is 0 Å². The van der Waals surface area contributed by atoms with Crippen molar-refractivity contribution in [1.82, 2.24) is 0 Å². The maximum atomic E-state index is 9.22. The molecule has 4 nitrogen and oxygen atoms in total. The highest BCUT2D eigenvalue weighted by Crippen LogP contribution is 1.96. The molecule has 1 heterocycles. The first-order valence-corrected chi connectivity index (χ1v) is 4.33. The Kier molecular flexibility index (Phi) is 4.27. The Morgan fingerprint density at radius 1 is 1.58 bits per heavy atom. The van der Waals surface area contributed by atoms with Gasteiger partial charge >= 0.3 is 7.12 Å². The lowest BCUT2D eigenvalue weighted by Crippen LogP contribution is -2.31. The number of thiophene rings is 1. The quantitative estimate of drug-likeness (QED) is 0.279. The lowest BCUT2D eigenvalue weighted by atomic mass is 9.89. The monoisotopic (exact) mass is 188 g/mol. The fraction of sp³-hybridized carbons (Fsp3) is 0.333. The first-order chi connectivity index (χ1) is 5.84. The van der Waals surface area contributed by atoms with Crippen molar-refractivity contribution in [1.29, 1.82) is 0 Å². The third-order valence-corrected chi connectivity index (χ3v) is 2.02. The van der Waals surface area contributed by atoms with Gasteiger partial charge in [-0.15, -0.1) is 0 Å². The molecule has 2 N–H and O–H groups in total. The van der Waals surface area contributed by atoms with Crippen LogP contribution in [0.25, 0.3) is 0 Å². The molecule has 12 heavy (non-hydrogen) atoms. The highest BCUT2D eigenvalue weighted by Gasteiger charge is 2.18. The minimum absolute atomic E-state index is 0.0580. The van der Waals surface area contributed by atoms with E-state index in [1.807, 2.05) is 5.38 Å². The van der Waals surface area contributed by atoms with E-state index < -0.39 is 7.12 Å². The van der Waals surface area contributed by atoms with Crippen LogP contribution in [0.15, 0.2) is 17.5 Å². The molecule has 0 aliphatic heterocycles. The van der Waals surface area contributed by atoms with E-state index in [-0.39, 0.29) is 13.2 Å². The molecule has 1 aromatic heterocycles. The van der Waals surface area contributed by atoms with Crippen LogP contribution in [0.3, 0.4) is 0 Å². The van der Waals surface area contributed by atoms with Crippen LogP contribution in [0.2, 0.25) is 0 Å². The highest BCUT2D eigenvalue weighted by atomic mass is 32.1. The second-order valence-corrected chi connectivity index (χ2v) is 2.99. The van der Waals surface area contributed by atoms with Crippen LogP contribution >= 0.6 is 11.3 Å². The lowest BCUT2D eigenvalue weighted by molar-refractivity contribution is -0.225. The van der Waals surface area contributed by atoms with Gasteiger partial charge in [0.1, 0.15) is 6.61 Å². The van der Waals surface area contributed by atoms with Gasteiger partial charge in [-0.3, -0.25) is 4.81 Å². The summed E-state index contributed by atoms with van der Waals surface area (Å²) in [5, 5.41) is 19.4. The average Bonchev–Trinajstić information content (AvgIpc) is 2.56. The molecule has 0 saturated heterocycles. The molecule has 0 atom stereocenters. The van der Waals surface area contributed by atoms with Crippen molar-refractivity contribution in [2.45, 2.75) is 0 Å². The fourth-order valence-electron chi connectivity index (χ4n) is 0.629. The molecule has 0 aliphatic carbocycles. The normalized spacial score (nSPS) is 10.2. The standard InChI is InChI=1S/C6H9BO4S/c8-3-4-10-11-7(9)6-2-1-5-12-6/h1-2,5,8-9H,3-4H2. The minimum Gasteiger partial charge on any atom is -0.421 e. The first kappa shape index (κ1) is 9.69. The van der Waals surface area contributed by atoms with Crippen molar-refractivity contribution in [3.63, 3.8) is 0 Å². The smallest absolute Gasteiger partial charge is 0.421 e. The molecule has 0 aliphatic rings. The Morgan fingerprint density at radius 3 is 3.00 bits per heavy atom. The van der Waals surface area contributed by atoms with Gasteiger partial charge in [-0.25, -0.2) is 4.89 Å². The van der Waals surface area contributed by atoms with Crippen LogP contribution in [0, 0.1) is 0 Å². The topological polar surface area (TPSA) is 58.9 Å². The van der Waals surface area contributed by atoms with E-state index in [0.29, 0.717) is 4.78 Å². The summed E-state index contributed by atoms with van der Waals surface area (Å²) in [7, 11) is -1.06. The molecule has 1 rings (SSSR count). The molecular weight excluding hydrogens is 179 g/mol. The molecule has 0 amide bonds. The fourth-order valence-corrected chi connectivity index (χ4v) is 1.26. The predicted octanol–water partition coefficient (Wildman–Crippen LogP) is -0.624. The van der Waals surface area contributed by atoms with Crippen molar-refractivity contribution in [3.8, 4) is 0 Å². The van der Waals surface area contributed by atoms with Gasteiger partial charge in [-0.2, -0.15) is 11.3 Å². The summed E-state index contributed by atoms with van der Waals surface area (Å²) in [4.78, 5) is 9.01. The Bertz CT molecular complexity index is 203. The van der Waals surface area contributed by atoms with Gasteiger partial charge in [-0.1, -0.05) is 12.1 Å². The highest BCUT2D eigenvalue weighted by molar-refractivity contribution is 7.20. The van der Waals surface area contributed by atoms with E-state index >= 15 is 0 Å². The average molecular weight is 188 g/mol. The summed E-state index contributed by atoms with van der Waals surface area (Å²) in [5.41, 5.74) is 0. The molecule has 0 bridgehead atoms. The molecule has 0 spiro atoms. The van der Waals surface area contributed by atoms with E-state index in [2.05, 4.69) is 9.69 Å². The zero-order valence-corrected chi connectivity index (χ0v) is 7.16. The van der Waals surface area contributed by atoms with E-state index in [9.17, 15) is 5.02 Å². The molecule has 0 fully saturated rings. The summed E-state index contributed by atoms with van der Waals surface area (Å²) in [6, 6.07) is 3.54. The van der Waals surface area contributed by atoms with Gasteiger partial charge in [0, 0.05) is 4.78 Å². The van der Waals surface area contributed by atoms with Gasteiger partial charge in [0.05, 0.1) is 6.61 Å². The third-order valence-electron chi connectivity index (χ3n) is 1.12.